The maximum atomic E-state index is 12.6. The van der Waals surface area contributed by atoms with Gasteiger partial charge in [-0.05, 0) is 18.2 Å². The highest BCUT2D eigenvalue weighted by atomic mass is 35.5. The molecule has 2 rings (SSSR count). The molecule has 0 aliphatic carbocycles. The van der Waals surface area contributed by atoms with E-state index in [0.29, 0.717) is 0 Å². The van der Waals surface area contributed by atoms with Crippen LogP contribution in [0.3, 0.4) is 0 Å². The number of halogens is 4. The standard InChI is InChI=1S/C12H7ClF3N3O/c13-8-2-1-7(12(14,15)16)5-9(8)19-11(20)10-6-17-3-4-18-10/h1-6H,(H,19,20). The van der Waals surface area contributed by atoms with Gasteiger partial charge in [-0.15, -0.1) is 0 Å². The van der Waals surface area contributed by atoms with Crippen LogP contribution >= 0.6 is 11.6 Å². The van der Waals surface area contributed by atoms with E-state index in [9.17, 15) is 18.0 Å². The van der Waals surface area contributed by atoms with E-state index in [1.165, 1.54) is 18.6 Å². The van der Waals surface area contributed by atoms with Crippen LogP contribution in [0, 0.1) is 0 Å². The SMILES string of the molecule is O=C(Nc1cc(C(F)(F)F)ccc1Cl)c1cnccn1. The van der Waals surface area contributed by atoms with E-state index in [0.717, 1.165) is 18.2 Å². The van der Waals surface area contributed by atoms with Gasteiger partial charge in [0.1, 0.15) is 5.69 Å². The molecule has 0 aliphatic heterocycles. The highest BCUT2D eigenvalue weighted by molar-refractivity contribution is 6.33. The van der Waals surface area contributed by atoms with Crippen molar-refractivity contribution in [3.8, 4) is 0 Å². The molecule has 0 unspecified atom stereocenters. The summed E-state index contributed by atoms with van der Waals surface area (Å²) < 4.78 is 37.7. The molecule has 2 aromatic rings. The van der Waals surface area contributed by atoms with Crippen LogP contribution in [0.25, 0.3) is 0 Å². The van der Waals surface area contributed by atoms with Crippen LogP contribution in [0.1, 0.15) is 16.1 Å². The number of carbonyl (C=O) groups is 1. The third kappa shape index (κ3) is 3.24. The molecular weight excluding hydrogens is 295 g/mol. The maximum absolute atomic E-state index is 12.6. The van der Waals surface area contributed by atoms with Gasteiger partial charge in [0.05, 0.1) is 22.5 Å². The lowest BCUT2D eigenvalue weighted by Gasteiger charge is -2.11. The first-order valence-electron chi connectivity index (χ1n) is 5.32. The molecule has 0 saturated heterocycles. The summed E-state index contributed by atoms with van der Waals surface area (Å²) in [6.45, 7) is 0. The van der Waals surface area contributed by atoms with Crippen LogP contribution in [-0.4, -0.2) is 15.9 Å². The summed E-state index contributed by atoms with van der Waals surface area (Å²) in [4.78, 5) is 19.2. The number of nitrogens with zero attached hydrogens (tertiary/aromatic N) is 2. The average molecular weight is 302 g/mol. The molecule has 0 spiro atoms. The minimum atomic E-state index is -4.52. The van der Waals surface area contributed by atoms with E-state index in [4.69, 9.17) is 11.6 Å². The highest BCUT2D eigenvalue weighted by Crippen LogP contribution is 2.33. The van der Waals surface area contributed by atoms with Crippen LogP contribution in [0.15, 0.2) is 36.8 Å². The smallest absolute Gasteiger partial charge is 0.319 e. The molecule has 8 heteroatoms. The molecule has 0 saturated carbocycles. The monoisotopic (exact) mass is 301 g/mol. The van der Waals surface area contributed by atoms with Crippen molar-refractivity contribution in [2.24, 2.45) is 0 Å². The number of benzene rings is 1. The molecule has 4 nitrogen and oxygen atoms in total. The summed E-state index contributed by atoms with van der Waals surface area (Å²) in [5.74, 6) is -0.695. The third-order valence-electron chi connectivity index (χ3n) is 2.34. The van der Waals surface area contributed by atoms with E-state index < -0.39 is 17.6 Å². The molecule has 0 atom stereocenters. The molecule has 1 aromatic carbocycles. The lowest BCUT2D eigenvalue weighted by molar-refractivity contribution is -0.137. The van der Waals surface area contributed by atoms with Gasteiger partial charge in [-0.1, -0.05) is 11.6 Å². The topological polar surface area (TPSA) is 54.9 Å². The number of rotatable bonds is 2. The lowest BCUT2D eigenvalue weighted by atomic mass is 10.2. The van der Waals surface area contributed by atoms with E-state index in [2.05, 4.69) is 15.3 Å². The number of hydrogen-bond donors (Lipinski definition) is 1. The van der Waals surface area contributed by atoms with Crippen LogP contribution in [0.4, 0.5) is 18.9 Å². The Balaban J connectivity index is 2.27. The molecule has 104 valence electrons. The second kappa shape index (κ2) is 5.46. The number of aromatic nitrogens is 2. The van der Waals surface area contributed by atoms with Crippen molar-refractivity contribution < 1.29 is 18.0 Å². The molecular formula is C12H7ClF3N3O. The number of anilines is 1. The first-order valence-corrected chi connectivity index (χ1v) is 5.70. The van der Waals surface area contributed by atoms with Crippen molar-refractivity contribution in [2.75, 3.05) is 5.32 Å². The van der Waals surface area contributed by atoms with Crippen LogP contribution in [-0.2, 0) is 6.18 Å². The van der Waals surface area contributed by atoms with Crippen molar-refractivity contribution in [2.45, 2.75) is 6.18 Å². The van der Waals surface area contributed by atoms with Gasteiger partial charge in [0.15, 0.2) is 0 Å². The number of nitrogens with one attached hydrogen (secondary N) is 1. The molecule has 0 radical (unpaired) electrons. The van der Waals surface area contributed by atoms with Crippen molar-refractivity contribution in [1.29, 1.82) is 0 Å². The Morgan fingerprint density at radius 2 is 2.00 bits per heavy atom. The second-order valence-corrected chi connectivity index (χ2v) is 4.14. The van der Waals surface area contributed by atoms with E-state index in [1.54, 1.807) is 0 Å². The largest absolute Gasteiger partial charge is 0.416 e. The zero-order valence-corrected chi connectivity index (χ0v) is 10.5. The molecule has 0 aliphatic rings. The normalized spacial score (nSPS) is 11.2. The Hall–Kier alpha value is -2.15. The van der Waals surface area contributed by atoms with Gasteiger partial charge in [0.2, 0.25) is 0 Å². The summed E-state index contributed by atoms with van der Waals surface area (Å²) in [6.07, 6.45) is -0.663. The second-order valence-electron chi connectivity index (χ2n) is 3.74. The number of alkyl halides is 3. The van der Waals surface area contributed by atoms with Crippen molar-refractivity contribution >= 4 is 23.2 Å². The molecule has 1 aromatic heterocycles. The van der Waals surface area contributed by atoms with Crippen molar-refractivity contribution in [3.63, 3.8) is 0 Å². The van der Waals surface area contributed by atoms with Crippen LogP contribution in [0.2, 0.25) is 5.02 Å². The minimum Gasteiger partial charge on any atom is -0.319 e. The highest BCUT2D eigenvalue weighted by Gasteiger charge is 2.31. The van der Waals surface area contributed by atoms with Crippen LogP contribution in [0.5, 0.6) is 0 Å². The fourth-order valence-electron chi connectivity index (χ4n) is 1.40. The van der Waals surface area contributed by atoms with Gasteiger partial charge >= 0.3 is 6.18 Å². The fraction of sp³-hybridized carbons (Fsp3) is 0.0833. The summed E-state index contributed by atoms with van der Waals surface area (Å²) >= 11 is 5.76. The first kappa shape index (κ1) is 14.3. The first-order chi connectivity index (χ1) is 9.38. The predicted molar refractivity (Wildman–Crippen MR) is 66.4 cm³/mol. The Morgan fingerprint density at radius 1 is 1.25 bits per heavy atom. The fourth-order valence-corrected chi connectivity index (χ4v) is 1.56. The van der Waals surface area contributed by atoms with E-state index in [1.807, 2.05) is 0 Å². The molecule has 1 heterocycles. The maximum Gasteiger partial charge on any atom is 0.416 e. The zero-order chi connectivity index (χ0) is 14.8. The van der Waals surface area contributed by atoms with Gasteiger partial charge in [-0.25, -0.2) is 4.98 Å². The number of carbonyl (C=O) groups excluding carboxylic acids is 1. The molecule has 20 heavy (non-hydrogen) atoms. The van der Waals surface area contributed by atoms with E-state index >= 15 is 0 Å². The number of hydrogen-bond acceptors (Lipinski definition) is 3. The van der Waals surface area contributed by atoms with Crippen molar-refractivity contribution in [3.05, 3.63) is 53.1 Å². The van der Waals surface area contributed by atoms with Crippen molar-refractivity contribution in [1.82, 2.24) is 9.97 Å². The Kier molecular flexibility index (Phi) is 3.89. The van der Waals surface area contributed by atoms with Gasteiger partial charge in [-0.3, -0.25) is 9.78 Å². The Labute approximate surface area is 116 Å². The summed E-state index contributed by atoms with van der Waals surface area (Å²) in [6, 6.07) is 2.66. The van der Waals surface area contributed by atoms with Gasteiger partial charge in [0, 0.05) is 12.4 Å². The molecule has 1 amide bonds. The van der Waals surface area contributed by atoms with E-state index in [-0.39, 0.29) is 16.4 Å². The summed E-state index contributed by atoms with van der Waals surface area (Å²) in [7, 11) is 0. The quantitative estimate of drug-likeness (QED) is 0.925. The summed E-state index contributed by atoms with van der Waals surface area (Å²) in [5, 5.41) is 2.26. The van der Waals surface area contributed by atoms with Gasteiger partial charge in [-0.2, -0.15) is 13.2 Å². The predicted octanol–water partition coefficient (Wildman–Crippen LogP) is 3.40. The lowest BCUT2D eigenvalue weighted by Crippen LogP contribution is -2.15. The van der Waals surface area contributed by atoms with Gasteiger partial charge < -0.3 is 5.32 Å². The Morgan fingerprint density at radius 3 is 2.60 bits per heavy atom. The van der Waals surface area contributed by atoms with Crippen LogP contribution < -0.4 is 5.32 Å². The molecule has 0 bridgehead atoms. The summed E-state index contributed by atoms with van der Waals surface area (Å²) in [5.41, 5.74) is -1.07. The Bertz CT molecular complexity index is 632. The molecule has 0 fully saturated rings. The average Bonchev–Trinajstić information content (AvgIpc) is 2.41. The minimum absolute atomic E-state index is 0.00441. The van der Waals surface area contributed by atoms with Gasteiger partial charge in [0.25, 0.3) is 5.91 Å². The molecule has 1 N–H and O–H groups in total. The number of amides is 1. The third-order valence-corrected chi connectivity index (χ3v) is 2.67. The zero-order valence-electron chi connectivity index (χ0n) is 9.78.